The van der Waals surface area contributed by atoms with Crippen LogP contribution in [0.3, 0.4) is 0 Å². The molecule has 0 saturated heterocycles. The van der Waals surface area contributed by atoms with E-state index in [0.717, 1.165) is 12.1 Å². The molecule has 0 atom stereocenters. The molecule has 5 nitrogen and oxygen atoms in total. The Balaban J connectivity index is 3.58. The summed E-state index contributed by atoms with van der Waals surface area (Å²) in [4.78, 5) is 10.2. The fraction of sp³-hybridized carbons (Fsp3) is 0. The van der Waals surface area contributed by atoms with E-state index in [9.17, 15) is 13.2 Å². The van der Waals surface area contributed by atoms with E-state index in [2.05, 4.69) is 0 Å². The second-order valence-corrected chi connectivity index (χ2v) is 4.81. The second-order valence-electron chi connectivity index (χ2n) is 2.60. The fourth-order valence-electron chi connectivity index (χ4n) is 0.916. The van der Waals surface area contributed by atoms with Gasteiger partial charge in [-0.1, -0.05) is 23.2 Å². The van der Waals surface area contributed by atoms with Gasteiger partial charge in [0.15, 0.2) is 0 Å². The maximum Gasteiger partial charge on any atom is 0.296 e. The number of nitrogens with two attached hydrogens (primary N) is 1. The van der Waals surface area contributed by atoms with Gasteiger partial charge in [0.25, 0.3) is 10.1 Å². The zero-order valence-corrected chi connectivity index (χ0v) is 9.40. The zero-order chi connectivity index (χ0) is 11.8. The summed E-state index contributed by atoms with van der Waals surface area (Å²) in [7, 11) is -4.50. The second kappa shape index (κ2) is 3.97. The lowest BCUT2D eigenvalue weighted by molar-refractivity contribution is 0.100. The van der Waals surface area contributed by atoms with Crippen LogP contribution in [0.25, 0.3) is 0 Å². The number of benzene rings is 1. The van der Waals surface area contributed by atoms with E-state index >= 15 is 0 Å². The average Bonchev–Trinajstić information content (AvgIpc) is 2.00. The lowest BCUT2D eigenvalue weighted by atomic mass is 10.2. The molecule has 0 aliphatic carbocycles. The van der Waals surface area contributed by atoms with Crippen LogP contribution < -0.4 is 5.73 Å². The number of amides is 1. The van der Waals surface area contributed by atoms with Gasteiger partial charge < -0.3 is 5.73 Å². The Morgan fingerprint density at radius 2 is 1.80 bits per heavy atom. The number of carbonyl (C=O) groups excluding carboxylic acids is 1. The molecule has 0 unspecified atom stereocenters. The van der Waals surface area contributed by atoms with Gasteiger partial charge in [-0.15, -0.1) is 0 Å². The minimum Gasteiger partial charge on any atom is -0.366 e. The molecule has 0 radical (unpaired) electrons. The highest BCUT2D eigenvalue weighted by molar-refractivity contribution is 7.86. The normalized spacial score (nSPS) is 11.4. The molecule has 3 N–H and O–H groups in total. The Morgan fingerprint density at radius 1 is 1.27 bits per heavy atom. The summed E-state index contributed by atoms with van der Waals surface area (Å²) in [6.45, 7) is 0. The molecule has 0 fully saturated rings. The van der Waals surface area contributed by atoms with Crippen molar-refractivity contribution in [1.82, 2.24) is 0 Å². The van der Waals surface area contributed by atoms with Crippen molar-refractivity contribution in [3.05, 3.63) is 27.7 Å². The maximum atomic E-state index is 10.8. The van der Waals surface area contributed by atoms with Crippen molar-refractivity contribution >= 4 is 39.2 Å². The van der Waals surface area contributed by atoms with Gasteiger partial charge in [0, 0.05) is 0 Å². The standard InChI is InChI=1S/C7H5Cl2NO4S/c8-4-2-5(9)6(15(12,13)14)1-3(4)7(10)11/h1-2H,(H2,10,11)(H,12,13,14). The van der Waals surface area contributed by atoms with Gasteiger partial charge in [0.05, 0.1) is 15.6 Å². The van der Waals surface area contributed by atoms with E-state index in [-0.39, 0.29) is 15.6 Å². The summed E-state index contributed by atoms with van der Waals surface area (Å²) in [6.07, 6.45) is 0. The summed E-state index contributed by atoms with van der Waals surface area (Å²) in [6, 6.07) is 1.84. The molecule has 0 aliphatic rings. The predicted octanol–water partition coefficient (Wildman–Crippen LogP) is 1.34. The summed E-state index contributed by atoms with van der Waals surface area (Å²) in [5, 5.41) is -0.368. The third-order valence-electron chi connectivity index (χ3n) is 1.56. The number of hydrogen-bond donors (Lipinski definition) is 2. The van der Waals surface area contributed by atoms with Gasteiger partial charge in [-0.3, -0.25) is 9.35 Å². The van der Waals surface area contributed by atoms with Crippen molar-refractivity contribution < 1.29 is 17.8 Å². The van der Waals surface area contributed by atoms with Crippen molar-refractivity contribution in [2.45, 2.75) is 4.90 Å². The number of hydrogen-bond acceptors (Lipinski definition) is 3. The van der Waals surface area contributed by atoms with Crippen molar-refractivity contribution in [2.24, 2.45) is 5.73 Å². The molecule has 1 rings (SSSR count). The van der Waals surface area contributed by atoms with E-state index < -0.39 is 20.9 Å². The average molecular weight is 270 g/mol. The highest BCUT2D eigenvalue weighted by Gasteiger charge is 2.19. The first-order valence-corrected chi connectivity index (χ1v) is 5.69. The van der Waals surface area contributed by atoms with E-state index in [1.807, 2.05) is 0 Å². The monoisotopic (exact) mass is 269 g/mol. The van der Waals surface area contributed by atoms with Crippen molar-refractivity contribution in [2.75, 3.05) is 0 Å². The van der Waals surface area contributed by atoms with Crippen LogP contribution in [-0.2, 0) is 10.1 Å². The molecule has 82 valence electrons. The lowest BCUT2D eigenvalue weighted by Crippen LogP contribution is -2.13. The quantitative estimate of drug-likeness (QED) is 0.792. The zero-order valence-electron chi connectivity index (χ0n) is 7.07. The number of rotatable bonds is 2. The van der Waals surface area contributed by atoms with E-state index in [0.29, 0.717) is 0 Å². The Morgan fingerprint density at radius 3 is 2.20 bits per heavy atom. The Kier molecular flexibility index (Phi) is 3.25. The summed E-state index contributed by atoms with van der Waals surface area (Å²) < 4.78 is 30.4. The van der Waals surface area contributed by atoms with E-state index in [4.69, 9.17) is 33.5 Å². The number of primary amides is 1. The summed E-state index contributed by atoms with van der Waals surface area (Å²) >= 11 is 11.1. The lowest BCUT2D eigenvalue weighted by Gasteiger charge is -2.04. The smallest absolute Gasteiger partial charge is 0.296 e. The first kappa shape index (κ1) is 12.3. The third-order valence-corrected chi connectivity index (χ3v) is 3.20. The third kappa shape index (κ3) is 2.60. The SMILES string of the molecule is NC(=O)c1cc(S(=O)(=O)O)c(Cl)cc1Cl. The highest BCUT2D eigenvalue weighted by Crippen LogP contribution is 2.28. The molecule has 0 saturated carbocycles. The molecule has 1 aromatic carbocycles. The molecule has 0 aliphatic heterocycles. The minimum atomic E-state index is -4.50. The van der Waals surface area contributed by atoms with Crippen LogP contribution in [0.5, 0.6) is 0 Å². The molecular weight excluding hydrogens is 265 g/mol. The molecule has 0 heterocycles. The Bertz CT molecular complexity index is 526. The van der Waals surface area contributed by atoms with Crippen molar-refractivity contribution in [1.29, 1.82) is 0 Å². The van der Waals surface area contributed by atoms with Gasteiger partial charge in [0.1, 0.15) is 4.90 Å². The van der Waals surface area contributed by atoms with Crippen molar-refractivity contribution in [3.8, 4) is 0 Å². The fourth-order valence-corrected chi connectivity index (χ4v) is 2.26. The molecule has 1 amide bonds. The maximum absolute atomic E-state index is 10.8. The van der Waals surface area contributed by atoms with Crippen LogP contribution in [0, 0.1) is 0 Å². The molecular formula is C7H5Cl2NO4S. The van der Waals surface area contributed by atoms with Gasteiger partial charge in [-0.05, 0) is 12.1 Å². The van der Waals surface area contributed by atoms with Crippen LogP contribution in [0.2, 0.25) is 10.0 Å². The predicted molar refractivity (Wildman–Crippen MR) is 54.8 cm³/mol. The Labute approximate surface area is 95.5 Å². The molecule has 0 spiro atoms. The number of halogens is 2. The molecule has 0 aromatic heterocycles. The van der Waals surface area contributed by atoms with Crippen LogP contribution in [0.15, 0.2) is 17.0 Å². The van der Waals surface area contributed by atoms with Crippen LogP contribution in [0.4, 0.5) is 0 Å². The van der Waals surface area contributed by atoms with Gasteiger partial charge in [-0.2, -0.15) is 8.42 Å². The highest BCUT2D eigenvalue weighted by atomic mass is 35.5. The Hall–Kier alpha value is -0.820. The number of carbonyl (C=O) groups is 1. The first-order valence-electron chi connectivity index (χ1n) is 3.50. The molecule has 0 bridgehead atoms. The van der Waals surface area contributed by atoms with Gasteiger partial charge in [0.2, 0.25) is 5.91 Å². The molecule has 1 aromatic rings. The van der Waals surface area contributed by atoms with Crippen LogP contribution in [-0.4, -0.2) is 18.9 Å². The van der Waals surface area contributed by atoms with Gasteiger partial charge >= 0.3 is 0 Å². The summed E-state index contributed by atoms with van der Waals surface area (Å²) in [5.74, 6) is -0.915. The van der Waals surface area contributed by atoms with E-state index in [1.54, 1.807) is 0 Å². The van der Waals surface area contributed by atoms with Crippen LogP contribution >= 0.6 is 23.2 Å². The molecule has 15 heavy (non-hydrogen) atoms. The van der Waals surface area contributed by atoms with Gasteiger partial charge in [-0.25, -0.2) is 0 Å². The van der Waals surface area contributed by atoms with Crippen molar-refractivity contribution in [3.63, 3.8) is 0 Å². The minimum absolute atomic E-state index is 0.0834. The van der Waals surface area contributed by atoms with Crippen LogP contribution in [0.1, 0.15) is 10.4 Å². The molecule has 8 heteroatoms. The van der Waals surface area contributed by atoms with E-state index in [1.165, 1.54) is 0 Å². The topological polar surface area (TPSA) is 97.5 Å². The summed E-state index contributed by atoms with van der Waals surface area (Å²) in [5.41, 5.74) is 4.71. The first-order chi connectivity index (χ1) is 6.73. The largest absolute Gasteiger partial charge is 0.366 e.